The molecule has 0 aromatic rings. The molecule has 0 N–H and O–H groups in total. The Balaban J connectivity index is -0.0000000267. The van der Waals surface area contributed by atoms with Gasteiger partial charge in [0.05, 0.1) is 0 Å². The van der Waals surface area contributed by atoms with Crippen molar-refractivity contribution >= 4 is 7.91 Å². The van der Waals surface area contributed by atoms with Gasteiger partial charge in [-0.1, -0.05) is 0 Å². The van der Waals surface area contributed by atoms with Crippen molar-refractivity contribution in [3.63, 3.8) is 0 Å². The van der Waals surface area contributed by atoms with Gasteiger partial charge in [0.1, 0.15) is 0 Å². The van der Waals surface area contributed by atoms with E-state index in [4.69, 9.17) is 14.4 Å². The third kappa shape index (κ3) is 22.4. The van der Waals surface area contributed by atoms with E-state index in [0.29, 0.717) is 0 Å². The molecule has 0 aromatic heterocycles. The summed E-state index contributed by atoms with van der Waals surface area (Å²) in [4.78, 5) is 0. The average Bonchev–Trinajstić information content (AvgIpc) is 1.38. The van der Waals surface area contributed by atoms with Crippen LogP contribution in [0.2, 0.25) is 0 Å². The summed E-state index contributed by atoms with van der Waals surface area (Å²) in [6.45, 7) is 0. The monoisotopic (exact) mass is 212 g/mol. The summed E-state index contributed by atoms with van der Waals surface area (Å²) in [6, 6.07) is 0. The molecule has 0 amide bonds. The van der Waals surface area contributed by atoms with Gasteiger partial charge in [0.25, 0.3) is 0 Å². The zero-order valence-corrected chi connectivity index (χ0v) is 15.3. The zero-order chi connectivity index (χ0) is 4.28. The van der Waals surface area contributed by atoms with Crippen molar-refractivity contribution in [2.75, 3.05) is 0 Å². The molecule has 0 saturated carbocycles. The largest absolute Gasteiger partial charge is 1.00 e. The molecule has 0 heterocycles. The van der Waals surface area contributed by atoms with Gasteiger partial charge in [0.2, 0.25) is 0 Å². The second-order valence-corrected chi connectivity index (χ2v) is 0.894. The van der Waals surface area contributed by atoms with Gasteiger partial charge < -0.3 is 9.93 Å². The third-order valence-corrected chi connectivity index (χ3v) is 0.183. The van der Waals surface area contributed by atoms with Crippen molar-refractivity contribution in [2.24, 2.45) is 0 Å². The average molecular weight is 212 g/mol. The van der Waals surface area contributed by atoms with Crippen LogP contribution in [0, 0.1) is 0 Å². The second-order valence-electron chi connectivity index (χ2n) is 0.298. The minimum absolute atomic E-state index is 0. The summed E-state index contributed by atoms with van der Waals surface area (Å²) >= 11 is 0. The molecule has 0 fully saturated rings. The Hall–Kier alpha value is 4.73. The molecule has 0 atom stereocenters. The summed E-state index contributed by atoms with van der Waals surface area (Å²) in [5.41, 5.74) is 0. The van der Waals surface area contributed by atoms with Gasteiger partial charge in [-0.15, -0.1) is 0 Å². The number of hydrogen-bond acceptors (Lipinski definition) is 4. The molecule has 8 heavy (non-hydrogen) atoms. The van der Waals surface area contributed by atoms with Crippen LogP contribution >= 0.6 is 7.91 Å². The van der Waals surface area contributed by atoms with Crippen molar-refractivity contribution in [1.29, 1.82) is 0 Å². The first-order chi connectivity index (χ1) is 2.27. The molecule has 0 radical (unpaired) electrons. The van der Waals surface area contributed by atoms with E-state index in [1.807, 2.05) is 0 Å². The molecule has 0 aliphatic heterocycles. The van der Waals surface area contributed by atoms with E-state index in [9.17, 15) is 0 Å². The Morgan fingerprint density at radius 2 is 1.25 bits per heavy atom. The molecule has 0 unspecified atom stereocenters. The van der Waals surface area contributed by atoms with Gasteiger partial charge in [0, 0.05) is 0 Å². The fourth-order valence-electron chi connectivity index (χ4n) is 0. The molecule has 0 spiro atoms. The van der Waals surface area contributed by atoms with Crippen LogP contribution in [0.5, 0.6) is 0 Å². The normalized spacial score (nSPS) is 4.62. The fourth-order valence-corrected chi connectivity index (χ4v) is 0. The predicted octanol–water partition coefficient (Wildman–Crippen LogP) is -9.62. The van der Waals surface area contributed by atoms with E-state index >= 15 is 0 Å². The van der Waals surface area contributed by atoms with Crippen LogP contribution < -0.4 is 159 Å². The quantitative estimate of drug-likeness (QED) is 0.187. The van der Waals surface area contributed by atoms with Crippen LogP contribution in [0.4, 0.5) is 0 Å². The molecule has 0 aliphatic rings. The van der Waals surface area contributed by atoms with E-state index in [2.05, 4.69) is 4.67 Å². The Morgan fingerprint density at radius 3 is 1.25 bits per heavy atom. The van der Waals surface area contributed by atoms with Gasteiger partial charge in [-0.2, -0.15) is 0 Å². The zero-order valence-electron chi connectivity index (χ0n) is 5.08. The van der Waals surface area contributed by atoms with Crippen molar-refractivity contribution in [2.45, 2.75) is 0 Å². The van der Waals surface area contributed by atoms with Crippen molar-refractivity contribution < 1.29 is 173 Å². The molecule has 4 nitrogen and oxygen atoms in total. The van der Waals surface area contributed by atoms with Gasteiger partial charge in [-0.3, -0.25) is 0 Å². The van der Waals surface area contributed by atoms with Gasteiger partial charge in [-0.25, -0.2) is 9.13 Å². The van der Waals surface area contributed by atoms with Gasteiger partial charge >= 0.3 is 162 Å². The van der Waals surface area contributed by atoms with Crippen LogP contribution in [0.1, 0.15) is 0 Å². The second kappa shape index (κ2) is 17.7. The van der Waals surface area contributed by atoms with Gasteiger partial charge in [-0.05, 0) is 0 Å². The van der Waals surface area contributed by atoms with Crippen LogP contribution in [0.25, 0.3) is 0 Å². The molecule has 0 aliphatic carbocycles. The molecule has 30 valence electrons. The van der Waals surface area contributed by atoms with E-state index in [-0.39, 0.29) is 154 Å². The summed E-state index contributed by atoms with van der Waals surface area (Å²) in [5, 5.41) is 8.53. The molecular weight excluding hydrogens is 212 g/mol. The maximum atomic E-state index is 8.87. The van der Waals surface area contributed by atoms with Crippen LogP contribution in [0.15, 0.2) is 0 Å². The molecule has 0 bridgehead atoms. The molecule has 0 saturated heterocycles. The molecule has 0 rings (SSSR count). The van der Waals surface area contributed by atoms with Crippen molar-refractivity contribution in [1.82, 2.24) is 0 Å². The number of rotatable bonds is 1. The maximum absolute atomic E-state index is 8.87. The molecule has 8 heteroatoms. The number of hydrogen-bond donors (Lipinski definition) is 0. The first kappa shape index (κ1) is 23.0. The van der Waals surface area contributed by atoms with Crippen LogP contribution in [0.3, 0.4) is 0 Å². The predicted molar refractivity (Wildman–Crippen MR) is 9.38 cm³/mol. The van der Waals surface area contributed by atoms with E-state index < -0.39 is 7.91 Å². The van der Waals surface area contributed by atoms with E-state index in [0.717, 1.165) is 0 Å². The summed E-state index contributed by atoms with van der Waals surface area (Å²) in [6.07, 6.45) is 0. The molecule has 0 aromatic carbocycles. The molecular formula is K3O4P+2. The van der Waals surface area contributed by atoms with Crippen LogP contribution in [-0.2, 0) is 13.8 Å². The van der Waals surface area contributed by atoms with Crippen molar-refractivity contribution in [3.8, 4) is 0 Å². The third-order valence-electron chi connectivity index (χ3n) is 0.0609. The SMILES string of the molecule is O=P(=O)O[O-].[K+].[K+].[K+]. The Morgan fingerprint density at radius 1 is 1.12 bits per heavy atom. The minimum atomic E-state index is -3.15. The summed E-state index contributed by atoms with van der Waals surface area (Å²) in [7, 11) is -3.15. The Labute approximate surface area is 175 Å². The topological polar surface area (TPSA) is 66.4 Å². The minimum Gasteiger partial charge on any atom is -0.710 e. The first-order valence-electron chi connectivity index (χ1n) is 0.714. The summed E-state index contributed by atoms with van der Waals surface area (Å²) < 4.78 is 20.2. The van der Waals surface area contributed by atoms with Crippen LogP contribution in [-0.4, -0.2) is 0 Å². The van der Waals surface area contributed by atoms with E-state index in [1.165, 1.54) is 0 Å². The maximum Gasteiger partial charge on any atom is 1.00 e. The summed E-state index contributed by atoms with van der Waals surface area (Å²) in [5.74, 6) is 0. The first-order valence-corrected chi connectivity index (χ1v) is 1.81. The van der Waals surface area contributed by atoms with Crippen molar-refractivity contribution in [3.05, 3.63) is 0 Å². The Kier molecular flexibility index (Phi) is 50.9. The van der Waals surface area contributed by atoms with Gasteiger partial charge in [0.15, 0.2) is 0 Å². The fraction of sp³-hybridized carbons (Fsp3) is 0. The standard InChI is InChI=1S/3K.HO4P/c;;;1-4-5(2)3/h;;;1H/q3*+1;/p-1. The smallest absolute Gasteiger partial charge is 0.710 e. The Bertz CT molecular complexity index is 69.4. The van der Waals surface area contributed by atoms with E-state index in [1.54, 1.807) is 0 Å².